The van der Waals surface area contributed by atoms with E-state index in [0.717, 1.165) is 44.1 Å². The van der Waals surface area contributed by atoms with Gasteiger partial charge < -0.3 is 20.1 Å². The molecule has 2 amide bonds. The Kier molecular flexibility index (Phi) is 8.21. The molecule has 1 fully saturated rings. The van der Waals surface area contributed by atoms with Crippen LogP contribution in [0.4, 0.5) is 5.69 Å². The third-order valence-corrected chi connectivity index (χ3v) is 5.41. The van der Waals surface area contributed by atoms with Crippen molar-refractivity contribution in [1.29, 1.82) is 0 Å². The number of morpholine rings is 1. The molecule has 0 unspecified atom stereocenters. The maximum Gasteiger partial charge on any atom is 0.251 e. The molecule has 8 nitrogen and oxygen atoms in total. The maximum atomic E-state index is 12.5. The van der Waals surface area contributed by atoms with Crippen molar-refractivity contribution in [2.75, 3.05) is 38.2 Å². The zero-order chi connectivity index (χ0) is 23.6. The van der Waals surface area contributed by atoms with Crippen LogP contribution in [0.5, 0.6) is 11.5 Å². The molecule has 34 heavy (non-hydrogen) atoms. The first kappa shape index (κ1) is 23.4. The van der Waals surface area contributed by atoms with Crippen molar-refractivity contribution in [3.63, 3.8) is 0 Å². The number of carbonyl (C=O) groups is 2. The van der Waals surface area contributed by atoms with Gasteiger partial charge in [0.05, 0.1) is 19.4 Å². The van der Waals surface area contributed by atoms with Gasteiger partial charge in [0.2, 0.25) is 5.91 Å². The summed E-state index contributed by atoms with van der Waals surface area (Å²) in [6.45, 7) is 4.24. The van der Waals surface area contributed by atoms with Crippen LogP contribution in [0.3, 0.4) is 0 Å². The molecular formula is C26H28N4O4. The molecular weight excluding hydrogens is 432 g/mol. The molecule has 1 aromatic heterocycles. The van der Waals surface area contributed by atoms with Crippen LogP contribution in [-0.4, -0.2) is 54.5 Å². The highest BCUT2D eigenvalue weighted by atomic mass is 16.5. The zero-order valence-corrected chi connectivity index (χ0v) is 18.9. The smallest absolute Gasteiger partial charge is 0.251 e. The third kappa shape index (κ3) is 7.13. The number of rotatable bonds is 9. The summed E-state index contributed by atoms with van der Waals surface area (Å²) >= 11 is 0. The predicted molar refractivity (Wildman–Crippen MR) is 129 cm³/mol. The molecule has 0 spiro atoms. The molecule has 8 heteroatoms. The first-order valence-corrected chi connectivity index (χ1v) is 11.3. The van der Waals surface area contributed by atoms with E-state index in [-0.39, 0.29) is 11.8 Å². The van der Waals surface area contributed by atoms with Gasteiger partial charge in [-0.1, -0.05) is 12.1 Å². The van der Waals surface area contributed by atoms with Gasteiger partial charge in [-0.15, -0.1) is 0 Å². The lowest BCUT2D eigenvalue weighted by Crippen LogP contribution is -2.38. The summed E-state index contributed by atoms with van der Waals surface area (Å²) in [5.41, 5.74) is 2.15. The highest BCUT2D eigenvalue weighted by Crippen LogP contribution is 2.20. The lowest BCUT2D eigenvalue weighted by Gasteiger charge is -2.26. The van der Waals surface area contributed by atoms with E-state index in [1.54, 1.807) is 42.7 Å². The van der Waals surface area contributed by atoms with Gasteiger partial charge in [-0.25, -0.2) is 0 Å². The molecule has 2 N–H and O–H groups in total. The van der Waals surface area contributed by atoms with E-state index < -0.39 is 0 Å². The van der Waals surface area contributed by atoms with E-state index in [4.69, 9.17) is 9.47 Å². The molecule has 1 aliphatic heterocycles. The molecule has 2 heterocycles. The zero-order valence-electron chi connectivity index (χ0n) is 18.9. The second kappa shape index (κ2) is 11.9. The monoisotopic (exact) mass is 460 g/mol. The van der Waals surface area contributed by atoms with E-state index >= 15 is 0 Å². The number of anilines is 1. The number of amides is 2. The molecule has 0 aliphatic carbocycles. The fraction of sp³-hybridized carbons (Fsp3) is 0.269. The third-order valence-electron chi connectivity index (χ3n) is 5.41. The summed E-state index contributed by atoms with van der Waals surface area (Å²) in [6, 6.07) is 18.0. The molecule has 4 rings (SSSR count). The largest absolute Gasteiger partial charge is 0.456 e. The van der Waals surface area contributed by atoms with Gasteiger partial charge >= 0.3 is 0 Å². The average Bonchev–Trinajstić information content (AvgIpc) is 2.88. The Balaban J connectivity index is 1.24. The normalized spacial score (nSPS) is 13.8. The van der Waals surface area contributed by atoms with Gasteiger partial charge in [0, 0.05) is 50.0 Å². The van der Waals surface area contributed by atoms with Crippen molar-refractivity contribution in [1.82, 2.24) is 15.2 Å². The van der Waals surface area contributed by atoms with Crippen LogP contribution in [0.2, 0.25) is 0 Å². The van der Waals surface area contributed by atoms with E-state index in [0.29, 0.717) is 30.0 Å². The number of nitrogens with one attached hydrogen (secondary N) is 2. The van der Waals surface area contributed by atoms with Crippen LogP contribution in [0.25, 0.3) is 0 Å². The van der Waals surface area contributed by atoms with Crippen LogP contribution >= 0.6 is 0 Å². The molecule has 2 aromatic carbocycles. The Morgan fingerprint density at radius 3 is 2.59 bits per heavy atom. The van der Waals surface area contributed by atoms with E-state index in [9.17, 15) is 9.59 Å². The molecule has 0 radical (unpaired) electrons. The minimum absolute atomic E-state index is 0.0266. The van der Waals surface area contributed by atoms with E-state index in [2.05, 4.69) is 20.5 Å². The van der Waals surface area contributed by atoms with Crippen molar-refractivity contribution in [3.05, 3.63) is 84.2 Å². The van der Waals surface area contributed by atoms with Gasteiger partial charge in [0.25, 0.3) is 5.91 Å². The number of benzene rings is 2. The molecule has 0 bridgehead atoms. The molecule has 3 aromatic rings. The summed E-state index contributed by atoms with van der Waals surface area (Å²) in [7, 11) is 0. The second-order valence-electron chi connectivity index (χ2n) is 7.95. The fourth-order valence-corrected chi connectivity index (χ4v) is 3.57. The Morgan fingerprint density at radius 2 is 1.82 bits per heavy atom. The number of hydrogen-bond acceptors (Lipinski definition) is 6. The SMILES string of the molecule is O=C(CCN1CCOCC1)Nc1cccc(CNC(=O)c2ccc(Oc3cccnc3)cc2)c1. The van der Waals surface area contributed by atoms with Crippen molar-refractivity contribution < 1.29 is 19.1 Å². The van der Waals surface area contributed by atoms with Crippen molar-refractivity contribution in [3.8, 4) is 11.5 Å². The van der Waals surface area contributed by atoms with E-state index in [1.807, 2.05) is 30.3 Å². The van der Waals surface area contributed by atoms with Gasteiger partial charge in [-0.05, 0) is 54.1 Å². The van der Waals surface area contributed by atoms with Gasteiger partial charge in [-0.2, -0.15) is 0 Å². The summed E-state index contributed by atoms with van der Waals surface area (Å²) < 4.78 is 11.0. The Bertz CT molecular complexity index is 1080. The summed E-state index contributed by atoms with van der Waals surface area (Å²) in [5.74, 6) is 1.04. The number of nitrogens with zero attached hydrogens (tertiary/aromatic N) is 2. The van der Waals surface area contributed by atoms with Crippen LogP contribution in [0.15, 0.2) is 73.1 Å². The van der Waals surface area contributed by atoms with Crippen LogP contribution < -0.4 is 15.4 Å². The number of pyridine rings is 1. The van der Waals surface area contributed by atoms with Gasteiger partial charge in [0.1, 0.15) is 11.5 Å². The molecule has 1 saturated heterocycles. The first-order chi connectivity index (χ1) is 16.7. The van der Waals surface area contributed by atoms with Crippen molar-refractivity contribution in [2.45, 2.75) is 13.0 Å². The first-order valence-electron chi connectivity index (χ1n) is 11.3. The highest BCUT2D eigenvalue weighted by molar-refractivity contribution is 5.94. The second-order valence-corrected chi connectivity index (χ2v) is 7.95. The lowest BCUT2D eigenvalue weighted by molar-refractivity contribution is -0.116. The highest BCUT2D eigenvalue weighted by Gasteiger charge is 2.12. The van der Waals surface area contributed by atoms with E-state index in [1.165, 1.54) is 0 Å². The number of aromatic nitrogens is 1. The quantitative estimate of drug-likeness (QED) is 0.508. The van der Waals surface area contributed by atoms with Crippen LogP contribution in [-0.2, 0) is 16.1 Å². The Morgan fingerprint density at radius 1 is 1.00 bits per heavy atom. The van der Waals surface area contributed by atoms with Crippen molar-refractivity contribution >= 4 is 17.5 Å². The fourth-order valence-electron chi connectivity index (χ4n) is 3.57. The Labute approximate surface area is 198 Å². The maximum absolute atomic E-state index is 12.5. The van der Waals surface area contributed by atoms with Gasteiger partial charge in [0.15, 0.2) is 0 Å². The molecule has 1 aliphatic rings. The Hall–Kier alpha value is -3.75. The van der Waals surface area contributed by atoms with Crippen molar-refractivity contribution in [2.24, 2.45) is 0 Å². The van der Waals surface area contributed by atoms with Crippen LogP contribution in [0.1, 0.15) is 22.3 Å². The summed E-state index contributed by atoms with van der Waals surface area (Å²) in [5, 5.41) is 5.85. The minimum atomic E-state index is -0.187. The number of hydrogen-bond donors (Lipinski definition) is 2. The van der Waals surface area contributed by atoms with Gasteiger partial charge in [-0.3, -0.25) is 19.5 Å². The average molecular weight is 461 g/mol. The molecule has 176 valence electrons. The number of carbonyl (C=O) groups excluding carboxylic acids is 2. The molecule has 0 saturated carbocycles. The summed E-state index contributed by atoms with van der Waals surface area (Å²) in [6.07, 6.45) is 3.74. The number of ether oxygens (including phenoxy) is 2. The topological polar surface area (TPSA) is 92.8 Å². The predicted octanol–water partition coefficient (Wildman–Crippen LogP) is 3.46. The minimum Gasteiger partial charge on any atom is -0.456 e. The standard InChI is InChI=1S/C26H28N4O4/c31-25(10-12-30-13-15-33-16-14-30)29-22-4-1-3-20(17-22)18-28-26(32)21-6-8-23(9-7-21)34-24-5-2-11-27-19-24/h1-9,11,17,19H,10,12-16,18H2,(H,28,32)(H,29,31). The lowest BCUT2D eigenvalue weighted by atomic mass is 10.1. The molecule has 0 atom stereocenters. The van der Waals surface area contributed by atoms with Crippen LogP contribution in [0, 0.1) is 0 Å². The summed E-state index contributed by atoms with van der Waals surface area (Å²) in [4.78, 5) is 31.1.